The van der Waals surface area contributed by atoms with Gasteiger partial charge in [0.2, 0.25) is 0 Å². The Bertz CT molecular complexity index is 3110. The van der Waals surface area contributed by atoms with Crippen molar-refractivity contribution in [1.82, 2.24) is 0 Å². The van der Waals surface area contributed by atoms with Crippen LogP contribution in [0.4, 0.5) is 17.1 Å². The third-order valence-corrected chi connectivity index (χ3v) is 11.8. The first kappa shape index (κ1) is 28.8. The summed E-state index contributed by atoms with van der Waals surface area (Å²) in [6.07, 6.45) is 0. The van der Waals surface area contributed by atoms with Crippen LogP contribution in [0.5, 0.6) is 0 Å². The number of anilines is 3. The van der Waals surface area contributed by atoms with E-state index in [-0.39, 0.29) is 0 Å². The molecule has 0 saturated carbocycles. The summed E-state index contributed by atoms with van der Waals surface area (Å²) in [5, 5.41) is 7.45. The Morgan fingerprint density at radius 3 is 1.64 bits per heavy atom. The van der Waals surface area contributed by atoms with E-state index in [2.05, 4.69) is 181 Å². The van der Waals surface area contributed by atoms with E-state index >= 15 is 0 Å². The van der Waals surface area contributed by atoms with Crippen LogP contribution in [0.15, 0.2) is 192 Å². The average molecular weight is 674 g/mol. The largest absolute Gasteiger partial charge is 0.456 e. The van der Waals surface area contributed by atoms with Gasteiger partial charge in [-0.25, -0.2) is 0 Å². The van der Waals surface area contributed by atoms with Crippen molar-refractivity contribution in [3.8, 4) is 22.3 Å². The fourth-order valence-corrected chi connectivity index (χ4v) is 9.77. The van der Waals surface area contributed by atoms with Gasteiger partial charge in [-0.15, -0.1) is 0 Å². The van der Waals surface area contributed by atoms with E-state index in [9.17, 15) is 0 Å². The van der Waals surface area contributed by atoms with Crippen LogP contribution in [0.3, 0.4) is 0 Å². The summed E-state index contributed by atoms with van der Waals surface area (Å²) in [6, 6.07) is 69.3. The molecule has 0 saturated heterocycles. The highest BCUT2D eigenvalue weighted by atomic mass is 16.3. The zero-order valence-corrected chi connectivity index (χ0v) is 28.8. The maximum atomic E-state index is 6.44. The number of furan rings is 1. The molecule has 10 aromatic rings. The minimum Gasteiger partial charge on any atom is -0.456 e. The first-order valence-corrected chi connectivity index (χ1v) is 18.3. The Balaban J connectivity index is 1.21. The molecule has 0 radical (unpaired) electrons. The summed E-state index contributed by atoms with van der Waals surface area (Å²) in [5.41, 5.74) is 14.9. The van der Waals surface area contributed by atoms with Crippen molar-refractivity contribution < 1.29 is 4.42 Å². The molecule has 2 nitrogen and oxygen atoms in total. The lowest BCUT2D eigenvalue weighted by Gasteiger charge is -2.46. The van der Waals surface area contributed by atoms with Crippen LogP contribution in [0.25, 0.3) is 65.7 Å². The van der Waals surface area contributed by atoms with E-state index < -0.39 is 5.41 Å². The van der Waals surface area contributed by atoms with Crippen molar-refractivity contribution in [1.29, 1.82) is 0 Å². The normalized spacial score (nSPS) is 15.2. The predicted molar refractivity (Wildman–Crippen MR) is 220 cm³/mol. The summed E-state index contributed by atoms with van der Waals surface area (Å²) in [6.45, 7) is 0. The highest BCUT2D eigenvalue weighted by Gasteiger charge is 2.48. The molecular weight excluding hydrogens is 643 g/mol. The topological polar surface area (TPSA) is 16.4 Å². The molecule has 0 N–H and O–H groups in total. The molecule has 0 aliphatic heterocycles. The Kier molecular flexibility index (Phi) is 5.73. The van der Waals surface area contributed by atoms with Gasteiger partial charge in [0.25, 0.3) is 0 Å². The van der Waals surface area contributed by atoms with Crippen molar-refractivity contribution >= 4 is 60.5 Å². The molecule has 2 heteroatoms. The van der Waals surface area contributed by atoms with Gasteiger partial charge in [0.15, 0.2) is 0 Å². The summed E-state index contributed by atoms with van der Waals surface area (Å²) in [5.74, 6) is 0. The first-order chi connectivity index (χ1) is 26.3. The molecule has 246 valence electrons. The van der Waals surface area contributed by atoms with E-state index in [4.69, 9.17) is 4.42 Å². The number of rotatable bonds is 3. The maximum absolute atomic E-state index is 6.44. The van der Waals surface area contributed by atoms with Crippen LogP contribution in [0.1, 0.15) is 22.3 Å². The van der Waals surface area contributed by atoms with Gasteiger partial charge in [0, 0.05) is 33.9 Å². The Morgan fingerprint density at radius 1 is 0.340 bits per heavy atom. The highest BCUT2D eigenvalue weighted by Crippen LogP contribution is 2.61. The Morgan fingerprint density at radius 2 is 0.887 bits per heavy atom. The van der Waals surface area contributed by atoms with Crippen LogP contribution in [-0.2, 0) is 5.41 Å². The third kappa shape index (κ3) is 3.77. The molecule has 1 spiro atoms. The summed E-state index contributed by atoms with van der Waals surface area (Å²) >= 11 is 0. The van der Waals surface area contributed by atoms with E-state index in [0.29, 0.717) is 0 Å². The van der Waals surface area contributed by atoms with Crippen LogP contribution in [-0.4, -0.2) is 0 Å². The van der Waals surface area contributed by atoms with E-state index in [0.717, 1.165) is 39.0 Å². The number of hydrogen-bond donors (Lipinski definition) is 0. The van der Waals surface area contributed by atoms with Gasteiger partial charge in [-0.2, -0.15) is 0 Å². The number of hydrogen-bond acceptors (Lipinski definition) is 2. The Hall–Kier alpha value is -6.90. The monoisotopic (exact) mass is 673 g/mol. The summed E-state index contributed by atoms with van der Waals surface area (Å²) in [7, 11) is 0. The van der Waals surface area contributed by atoms with Gasteiger partial charge in [-0.05, 0) is 109 Å². The Labute approximate surface area is 306 Å². The van der Waals surface area contributed by atoms with Crippen LogP contribution in [0.2, 0.25) is 0 Å². The molecule has 9 aromatic carbocycles. The van der Waals surface area contributed by atoms with E-state index in [1.807, 2.05) is 12.1 Å². The SMILES string of the molecule is c1ccc(N(c2ccc3c(c2)C2(c4ccccc4-c4cccc5cccc2c45)c2cccc4cccc-3c24)c2ccc3c(c2)oc2ccccc23)cc1. The second-order valence-corrected chi connectivity index (χ2v) is 14.4. The van der Waals surface area contributed by atoms with Gasteiger partial charge in [0.1, 0.15) is 11.2 Å². The van der Waals surface area contributed by atoms with Crippen LogP contribution < -0.4 is 4.90 Å². The summed E-state index contributed by atoms with van der Waals surface area (Å²) in [4.78, 5) is 2.38. The molecule has 1 unspecified atom stereocenters. The van der Waals surface area contributed by atoms with Crippen molar-refractivity contribution in [2.75, 3.05) is 4.90 Å². The van der Waals surface area contributed by atoms with Gasteiger partial charge < -0.3 is 9.32 Å². The lowest BCUT2D eigenvalue weighted by Crippen LogP contribution is -2.36. The number of para-hydroxylation sites is 2. The lowest BCUT2D eigenvalue weighted by atomic mass is 9.55. The number of nitrogens with zero attached hydrogens (tertiary/aromatic N) is 1. The second-order valence-electron chi connectivity index (χ2n) is 14.4. The molecular formula is C51H31NO. The summed E-state index contributed by atoms with van der Waals surface area (Å²) < 4.78 is 6.44. The van der Waals surface area contributed by atoms with Crippen molar-refractivity contribution in [3.63, 3.8) is 0 Å². The minimum absolute atomic E-state index is 0.561. The maximum Gasteiger partial charge on any atom is 0.137 e. The van der Waals surface area contributed by atoms with Crippen molar-refractivity contribution in [3.05, 3.63) is 210 Å². The molecule has 2 aliphatic rings. The van der Waals surface area contributed by atoms with E-state index in [1.165, 1.54) is 66.1 Å². The molecule has 1 heterocycles. The number of fused-ring (bicyclic) bond motifs is 11. The zero-order chi connectivity index (χ0) is 34.7. The van der Waals surface area contributed by atoms with Gasteiger partial charge in [-0.1, -0.05) is 140 Å². The molecule has 53 heavy (non-hydrogen) atoms. The fourth-order valence-electron chi connectivity index (χ4n) is 9.77. The van der Waals surface area contributed by atoms with Crippen molar-refractivity contribution in [2.45, 2.75) is 5.41 Å². The smallest absolute Gasteiger partial charge is 0.137 e. The zero-order valence-electron chi connectivity index (χ0n) is 28.8. The lowest BCUT2D eigenvalue weighted by molar-refractivity contribution is 0.669. The fraction of sp³-hybridized carbons (Fsp3) is 0.0196. The van der Waals surface area contributed by atoms with Gasteiger partial charge >= 0.3 is 0 Å². The van der Waals surface area contributed by atoms with Crippen LogP contribution in [0, 0.1) is 0 Å². The quantitative estimate of drug-likeness (QED) is 0.186. The standard InChI is InChI=1S/C51H31NO/c1-2-16-34(17-3-1)52(36-27-29-40-39-19-5-7-25-47(39)53-48(40)31-36)35-26-28-38-42-21-9-13-33-15-11-24-45(50(33)42)51(46(38)30-35)43-22-6-4-18-37(43)41-20-8-12-32-14-10-23-44(51)49(32)41/h1-31H. The molecule has 2 aliphatic carbocycles. The molecule has 12 rings (SSSR count). The van der Waals surface area contributed by atoms with Crippen LogP contribution >= 0.6 is 0 Å². The van der Waals surface area contributed by atoms with Crippen molar-refractivity contribution in [2.24, 2.45) is 0 Å². The van der Waals surface area contributed by atoms with Gasteiger partial charge in [0.05, 0.1) is 5.41 Å². The average Bonchev–Trinajstić information content (AvgIpc) is 3.59. The molecule has 1 aromatic heterocycles. The molecule has 0 amide bonds. The molecule has 0 bridgehead atoms. The second kappa shape index (κ2) is 10.6. The van der Waals surface area contributed by atoms with E-state index in [1.54, 1.807) is 0 Å². The predicted octanol–water partition coefficient (Wildman–Crippen LogP) is 13.7. The number of benzene rings is 9. The third-order valence-electron chi connectivity index (χ3n) is 11.8. The molecule has 0 fully saturated rings. The minimum atomic E-state index is -0.561. The van der Waals surface area contributed by atoms with Gasteiger partial charge in [-0.3, -0.25) is 0 Å². The first-order valence-electron chi connectivity index (χ1n) is 18.3. The molecule has 1 atom stereocenters. The highest BCUT2D eigenvalue weighted by molar-refractivity contribution is 6.11.